The molecule has 0 aliphatic carbocycles. The minimum Gasteiger partial charge on any atom is -0.386 e. The van der Waals surface area contributed by atoms with E-state index in [4.69, 9.17) is 0 Å². The third kappa shape index (κ3) is 5.43. The van der Waals surface area contributed by atoms with Crippen LogP contribution in [0.1, 0.15) is 22.1 Å². The third-order valence-electron chi connectivity index (χ3n) is 4.04. The van der Waals surface area contributed by atoms with Crippen molar-refractivity contribution in [1.82, 2.24) is 10.6 Å². The zero-order valence-electron chi connectivity index (χ0n) is 14.9. The van der Waals surface area contributed by atoms with Gasteiger partial charge in [0, 0.05) is 29.7 Å². The number of aryl methyl sites for hydroxylation is 1. The Bertz CT molecular complexity index is 828. The van der Waals surface area contributed by atoms with E-state index in [0.717, 1.165) is 4.88 Å². The maximum atomic E-state index is 10.4. The van der Waals surface area contributed by atoms with E-state index in [0.29, 0.717) is 19.0 Å². The van der Waals surface area contributed by atoms with Crippen LogP contribution in [0, 0.1) is 6.92 Å². The van der Waals surface area contributed by atoms with Crippen LogP contribution in [-0.4, -0.2) is 24.7 Å². The van der Waals surface area contributed by atoms with Crippen LogP contribution in [0.3, 0.4) is 0 Å². The van der Waals surface area contributed by atoms with Gasteiger partial charge in [0.15, 0.2) is 5.96 Å². The molecule has 1 atom stereocenters. The fraction of sp³-hybridized carbons (Fsp3) is 0.250. The van der Waals surface area contributed by atoms with Gasteiger partial charge in [-0.15, -0.1) is 35.3 Å². The maximum absolute atomic E-state index is 10.4. The number of aliphatic hydroxyl groups excluding tert-OH is 1. The van der Waals surface area contributed by atoms with Crippen LogP contribution in [0.4, 0.5) is 0 Å². The highest BCUT2D eigenvalue weighted by Gasteiger charge is 2.12. The molecule has 0 fully saturated rings. The molecule has 1 unspecified atom stereocenters. The predicted molar refractivity (Wildman–Crippen MR) is 122 cm³/mol. The maximum Gasteiger partial charge on any atom is 0.191 e. The summed E-state index contributed by atoms with van der Waals surface area (Å²) in [6.07, 6.45) is -0.560. The Kier molecular flexibility index (Phi) is 7.86. The van der Waals surface area contributed by atoms with Gasteiger partial charge in [-0.3, -0.25) is 4.99 Å². The summed E-state index contributed by atoms with van der Waals surface area (Å²) in [5, 5.41) is 18.1. The quantitative estimate of drug-likeness (QED) is 0.291. The standard InChI is InChI=1S/C20H23N3OS.HI/c1-14-7-9-15(10-8-14)12-22-20(21-2)23-13-17(24)19-11-16-5-3-4-6-18(16)25-19;/h3-11,17,24H,12-13H2,1-2H3,(H2,21,22,23);1H. The van der Waals surface area contributed by atoms with Gasteiger partial charge in [-0.05, 0) is 30.0 Å². The van der Waals surface area contributed by atoms with Gasteiger partial charge in [-0.2, -0.15) is 0 Å². The predicted octanol–water partition coefficient (Wildman–Crippen LogP) is 4.23. The summed E-state index contributed by atoms with van der Waals surface area (Å²) < 4.78 is 1.19. The van der Waals surface area contributed by atoms with Gasteiger partial charge in [-0.1, -0.05) is 48.0 Å². The van der Waals surface area contributed by atoms with Crippen molar-refractivity contribution >= 4 is 51.4 Å². The Balaban J connectivity index is 0.00000243. The number of nitrogens with one attached hydrogen (secondary N) is 2. The average molecular weight is 481 g/mol. The van der Waals surface area contributed by atoms with Crippen LogP contribution in [-0.2, 0) is 6.54 Å². The Labute approximate surface area is 175 Å². The fourth-order valence-electron chi connectivity index (χ4n) is 2.57. The largest absolute Gasteiger partial charge is 0.386 e. The number of guanidine groups is 1. The molecule has 0 aliphatic rings. The van der Waals surface area contributed by atoms with Crippen LogP contribution in [0.5, 0.6) is 0 Å². The van der Waals surface area contributed by atoms with Gasteiger partial charge in [-0.25, -0.2) is 0 Å². The normalized spacial score (nSPS) is 12.5. The van der Waals surface area contributed by atoms with E-state index in [2.05, 4.69) is 65.0 Å². The number of aliphatic imine (C=N–C) groups is 1. The summed E-state index contributed by atoms with van der Waals surface area (Å²) in [4.78, 5) is 5.18. The second-order valence-corrected chi connectivity index (χ2v) is 7.11. The number of nitrogens with zero attached hydrogens (tertiary/aromatic N) is 1. The summed E-state index contributed by atoms with van der Waals surface area (Å²) in [5.74, 6) is 0.681. The molecule has 4 nitrogen and oxygen atoms in total. The van der Waals surface area contributed by atoms with Crippen LogP contribution in [0.2, 0.25) is 0 Å². The number of hydrogen-bond donors (Lipinski definition) is 3. The molecule has 0 radical (unpaired) electrons. The Morgan fingerprint density at radius 2 is 1.85 bits per heavy atom. The highest BCUT2D eigenvalue weighted by atomic mass is 127. The van der Waals surface area contributed by atoms with Crippen LogP contribution in [0.25, 0.3) is 10.1 Å². The summed E-state index contributed by atoms with van der Waals surface area (Å²) in [7, 11) is 1.73. The van der Waals surface area contributed by atoms with E-state index < -0.39 is 6.10 Å². The van der Waals surface area contributed by atoms with Crippen molar-refractivity contribution in [2.75, 3.05) is 13.6 Å². The van der Waals surface area contributed by atoms with Gasteiger partial charge >= 0.3 is 0 Å². The Morgan fingerprint density at radius 3 is 2.54 bits per heavy atom. The Morgan fingerprint density at radius 1 is 1.12 bits per heavy atom. The van der Waals surface area contributed by atoms with E-state index in [1.54, 1.807) is 18.4 Å². The zero-order valence-corrected chi connectivity index (χ0v) is 18.0. The first-order chi connectivity index (χ1) is 12.2. The first-order valence-corrected chi connectivity index (χ1v) is 9.14. The Hall–Kier alpha value is -1.64. The molecule has 3 rings (SSSR count). The molecule has 0 amide bonds. The minimum atomic E-state index is -0.560. The van der Waals surface area contributed by atoms with Gasteiger partial charge in [0.25, 0.3) is 0 Å². The third-order valence-corrected chi connectivity index (χ3v) is 5.26. The van der Waals surface area contributed by atoms with E-state index in [1.165, 1.54) is 21.2 Å². The van der Waals surface area contributed by atoms with Crippen molar-refractivity contribution in [2.45, 2.75) is 19.6 Å². The molecule has 3 N–H and O–H groups in total. The van der Waals surface area contributed by atoms with E-state index >= 15 is 0 Å². The number of fused-ring (bicyclic) bond motifs is 1. The molecule has 26 heavy (non-hydrogen) atoms. The van der Waals surface area contributed by atoms with Crippen LogP contribution < -0.4 is 10.6 Å². The summed E-state index contributed by atoms with van der Waals surface area (Å²) in [5.41, 5.74) is 2.44. The van der Waals surface area contributed by atoms with Crippen molar-refractivity contribution in [2.24, 2.45) is 4.99 Å². The number of benzene rings is 2. The van der Waals surface area contributed by atoms with Gasteiger partial charge in [0.1, 0.15) is 6.10 Å². The van der Waals surface area contributed by atoms with Gasteiger partial charge < -0.3 is 15.7 Å². The molecule has 0 spiro atoms. The second-order valence-electron chi connectivity index (χ2n) is 5.99. The molecule has 0 bridgehead atoms. The summed E-state index contributed by atoms with van der Waals surface area (Å²) in [6.45, 7) is 3.19. The molecular formula is C20H24IN3OS. The molecule has 1 heterocycles. The van der Waals surface area contributed by atoms with Crippen LogP contribution in [0.15, 0.2) is 59.6 Å². The van der Waals surface area contributed by atoms with Crippen LogP contribution >= 0.6 is 35.3 Å². The number of thiophene rings is 1. The molecule has 6 heteroatoms. The highest BCUT2D eigenvalue weighted by molar-refractivity contribution is 14.0. The van der Waals surface area contributed by atoms with E-state index in [9.17, 15) is 5.11 Å². The number of aliphatic hydroxyl groups is 1. The van der Waals surface area contributed by atoms with Crippen molar-refractivity contribution in [3.8, 4) is 0 Å². The lowest BCUT2D eigenvalue weighted by Crippen LogP contribution is -2.38. The lowest BCUT2D eigenvalue weighted by atomic mass is 10.1. The van der Waals surface area contributed by atoms with Gasteiger partial charge in [0.2, 0.25) is 0 Å². The molecule has 0 aliphatic heterocycles. The molecular weight excluding hydrogens is 457 g/mol. The fourth-order valence-corrected chi connectivity index (χ4v) is 3.62. The molecule has 2 aromatic carbocycles. The molecule has 138 valence electrons. The zero-order chi connectivity index (χ0) is 17.6. The number of rotatable bonds is 5. The smallest absolute Gasteiger partial charge is 0.191 e. The van der Waals surface area contributed by atoms with Crippen molar-refractivity contribution in [3.05, 3.63) is 70.6 Å². The van der Waals surface area contributed by atoms with Crippen molar-refractivity contribution in [1.29, 1.82) is 0 Å². The van der Waals surface area contributed by atoms with Gasteiger partial charge in [0.05, 0.1) is 0 Å². The van der Waals surface area contributed by atoms with E-state index in [1.807, 2.05) is 12.1 Å². The van der Waals surface area contributed by atoms with Crippen molar-refractivity contribution in [3.63, 3.8) is 0 Å². The van der Waals surface area contributed by atoms with Crippen molar-refractivity contribution < 1.29 is 5.11 Å². The molecule has 1 aromatic heterocycles. The molecule has 0 saturated carbocycles. The summed E-state index contributed by atoms with van der Waals surface area (Å²) >= 11 is 1.63. The second kappa shape index (κ2) is 9.89. The highest BCUT2D eigenvalue weighted by Crippen LogP contribution is 2.29. The molecule has 0 saturated heterocycles. The first-order valence-electron chi connectivity index (χ1n) is 8.32. The SMILES string of the molecule is CN=C(NCc1ccc(C)cc1)NCC(O)c1cc2ccccc2s1.I. The lowest BCUT2D eigenvalue weighted by Gasteiger charge is -2.14. The molecule has 3 aromatic rings. The number of halogens is 1. The lowest BCUT2D eigenvalue weighted by molar-refractivity contribution is 0.184. The topological polar surface area (TPSA) is 56.7 Å². The monoisotopic (exact) mass is 481 g/mol. The van der Waals surface area contributed by atoms with E-state index in [-0.39, 0.29) is 24.0 Å². The first kappa shape index (κ1) is 20.7. The summed E-state index contributed by atoms with van der Waals surface area (Å²) in [6, 6.07) is 18.6. The minimum absolute atomic E-state index is 0. The number of hydrogen-bond acceptors (Lipinski definition) is 3. The average Bonchev–Trinajstić information content (AvgIpc) is 3.07.